The molecule has 2 aromatic rings. The van der Waals surface area contributed by atoms with Gasteiger partial charge >= 0.3 is 5.56 Å². The molecule has 1 saturated heterocycles. The van der Waals surface area contributed by atoms with E-state index in [1.165, 1.54) is 4.68 Å². The molecule has 2 aliphatic rings. The maximum absolute atomic E-state index is 13.5. The Morgan fingerprint density at radius 3 is 2.59 bits per heavy atom. The van der Waals surface area contributed by atoms with E-state index in [4.69, 9.17) is 16.3 Å². The van der Waals surface area contributed by atoms with E-state index in [9.17, 15) is 9.35 Å². The second-order valence-corrected chi connectivity index (χ2v) is 11.4. The summed E-state index contributed by atoms with van der Waals surface area (Å²) in [6.07, 6.45) is 4.74. The Balaban J connectivity index is 1.64. The molecule has 2 unspecified atom stereocenters. The second-order valence-electron chi connectivity index (χ2n) is 8.95. The molecule has 2 heterocycles. The van der Waals surface area contributed by atoms with E-state index in [-0.39, 0.29) is 16.9 Å². The van der Waals surface area contributed by atoms with Crippen LogP contribution in [0.15, 0.2) is 35.3 Å². The molecule has 174 valence electrons. The smallest absolute Gasteiger partial charge is 0.316 e. The van der Waals surface area contributed by atoms with E-state index in [1.54, 1.807) is 30.5 Å². The van der Waals surface area contributed by atoms with E-state index in [1.807, 2.05) is 18.2 Å². The first kappa shape index (κ1) is 23.4. The van der Waals surface area contributed by atoms with Gasteiger partial charge in [-0.25, -0.2) is 0 Å². The van der Waals surface area contributed by atoms with E-state index >= 15 is 0 Å². The second kappa shape index (κ2) is 10.0. The highest BCUT2D eigenvalue weighted by molar-refractivity contribution is 7.89. The molecule has 0 bridgehead atoms. The summed E-state index contributed by atoms with van der Waals surface area (Å²) in [5, 5.41) is 5.08. The summed E-state index contributed by atoms with van der Waals surface area (Å²) in [7, 11) is 0. The van der Waals surface area contributed by atoms with Crippen LogP contribution in [-0.2, 0) is 11.4 Å². The average molecular weight is 479 g/mol. The maximum Gasteiger partial charge on any atom is 0.316 e. The molecule has 3 atom stereocenters. The number of aromatic nitrogens is 2. The minimum Gasteiger partial charge on any atom is -0.598 e. The normalized spacial score (nSPS) is 23.0. The molecule has 0 spiro atoms. The Hall–Kier alpha value is -1.74. The Morgan fingerprint density at radius 1 is 1.22 bits per heavy atom. The summed E-state index contributed by atoms with van der Waals surface area (Å²) in [6.45, 7) is 8.82. The molecule has 1 aliphatic heterocycles. The van der Waals surface area contributed by atoms with Crippen molar-refractivity contribution in [1.82, 2.24) is 14.1 Å². The largest absolute Gasteiger partial charge is 0.598 e. The fourth-order valence-corrected chi connectivity index (χ4v) is 5.70. The minimum atomic E-state index is -0.996. The van der Waals surface area contributed by atoms with Gasteiger partial charge in [0, 0.05) is 29.5 Å². The highest BCUT2D eigenvalue weighted by Gasteiger charge is 2.31. The van der Waals surface area contributed by atoms with Crippen molar-refractivity contribution < 1.29 is 9.29 Å². The average Bonchev–Trinajstić information content (AvgIpc) is 3.19. The fourth-order valence-electron chi connectivity index (χ4n) is 4.39. The van der Waals surface area contributed by atoms with Gasteiger partial charge in [0.1, 0.15) is 10.9 Å². The van der Waals surface area contributed by atoms with E-state index < -0.39 is 11.4 Å². The molecule has 4 rings (SSSR count). The molecule has 1 aromatic carbocycles. The number of halogens is 1. The van der Waals surface area contributed by atoms with Crippen molar-refractivity contribution in [2.45, 2.75) is 51.4 Å². The number of ether oxygens (including phenoxy) is 1. The highest BCUT2D eigenvalue weighted by Crippen LogP contribution is 2.32. The van der Waals surface area contributed by atoms with Crippen molar-refractivity contribution in [2.75, 3.05) is 31.1 Å². The van der Waals surface area contributed by atoms with Crippen molar-refractivity contribution in [3.63, 3.8) is 0 Å². The Labute approximate surface area is 197 Å². The summed E-state index contributed by atoms with van der Waals surface area (Å²) < 4.78 is 22.2. The van der Waals surface area contributed by atoms with Crippen LogP contribution < -0.4 is 15.2 Å². The van der Waals surface area contributed by atoms with Crippen molar-refractivity contribution in [3.05, 3.63) is 45.8 Å². The molecular formula is C23H31ClN4O3S. The fraction of sp³-hybridized carbons (Fsp3) is 0.565. The molecular weight excluding hydrogens is 448 g/mol. The summed E-state index contributed by atoms with van der Waals surface area (Å²) in [5.41, 5.74) is 1.04. The molecule has 1 aromatic heterocycles. The molecule has 1 saturated carbocycles. The lowest BCUT2D eigenvalue weighted by atomic mass is 10.1. The zero-order chi connectivity index (χ0) is 22.8. The van der Waals surface area contributed by atoms with Crippen molar-refractivity contribution in [3.8, 4) is 11.4 Å². The topological polar surface area (TPSA) is 73.7 Å². The Kier molecular flexibility index (Phi) is 7.34. The van der Waals surface area contributed by atoms with Gasteiger partial charge in [0.25, 0.3) is 0 Å². The van der Waals surface area contributed by atoms with Crippen LogP contribution in [0.5, 0.6) is 5.75 Å². The van der Waals surface area contributed by atoms with Gasteiger partial charge in [-0.2, -0.15) is 9.78 Å². The SMILES string of the molecule is CC1CCC(Oc2c(N3CCN([S@@+]([O-])C(C)C)CC3)cnn(-c3cccc(Cl)c3)c2=O)C1. The maximum atomic E-state index is 13.5. The van der Waals surface area contributed by atoms with Crippen LogP contribution in [0.4, 0.5) is 5.69 Å². The van der Waals surface area contributed by atoms with E-state index in [0.29, 0.717) is 54.2 Å². The summed E-state index contributed by atoms with van der Waals surface area (Å²) in [5.74, 6) is 0.938. The van der Waals surface area contributed by atoms with Crippen molar-refractivity contribution >= 4 is 28.7 Å². The molecule has 9 heteroatoms. The zero-order valence-electron chi connectivity index (χ0n) is 18.9. The van der Waals surface area contributed by atoms with Gasteiger partial charge in [0.2, 0.25) is 5.75 Å². The van der Waals surface area contributed by atoms with Gasteiger partial charge in [-0.1, -0.05) is 24.6 Å². The third kappa shape index (κ3) is 5.09. The van der Waals surface area contributed by atoms with Gasteiger partial charge in [-0.15, -0.1) is 4.31 Å². The van der Waals surface area contributed by atoms with Crippen LogP contribution in [0.2, 0.25) is 5.02 Å². The lowest BCUT2D eigenvalue weighted by Gasteiger charge is -2.37. The predicted molar refractivity (Wildman–Crippen MR) is 129 cm³/mol. The molecule has 1 aliphatic carbocycles. The quantitative estimate of drug-likeness (QED) is 0.590. The molecule has 2 fully saturated rings. The summed E-state index contributed by atoms with van der Waals surface area (Å²) >= 11 is 5.15. The third-order valence-electron chi connectivity index (χ3n) is 6.14. The molecule has 32 heavy (non-hydrogen) atoms. The molecule has 0 radical (unpaired) electrons. The minimum absolute atomic E-state index is 0.0291. The number of hydrogen-bond acceptors (Lipinski definition) is 6. The number of anilines is 1. The van der Waals surface area contributed by atoms with Gasteiger partial charge in [-0.05, 0) is 57.2 Å². The van der Waals surface area contributed by atoms with Gasteiger partial charge < -0.3 is 14.2 Å². The van der Waals surface area contributed by atoms with Crippen LogP contribution >= 0.6 is 11.6 Å². The Morgan fingerprint density at radius 2 is 1.97 bits per heavy atom. The van der Waals surface area contributed by atoms with Crippen molar-refractivity contribution in [2.24, 2.45) is 5.92 Å². The predicted octanol–water partition coefficient (Wildman–Crippen LogP) is 3.65. The monoisotopic (exact) mass is 478 g/mol. The van der Waals surface area contributed by atoms with Gasteiger partial charge in [-0.3, -0.25) is 4.79 Å². The lowest BCUT2D eigenvalue weighted by Crippen LogP contribution is -2.50. The van der Waals surface area contributed by atoms with Gasteiger partial charge in [0.15, 0.2) is 0 Å². The van der Waals surface area contributed by atoms with Crippen LogP contribution in [0.25, 0.3) is 5.69 Å². The highest BCUT2D eigenvalue weighted by atomic mass is 35.5. The number of nitrogens with zero attached hydrogens (tertiary/aromatic N) is 4. The first-order valence-corrected chi connectivity index (χ1v) is 12.8. The number of rotatable bonds is 6. The van der Waals surface area contributed by atoms with Gasteiger partial charge in [0.05, 0.1) is 31.1 Å². The number of hydrogen-bond donors (Lipinski definition) is 0. The lowest BCUT2D eigenvalue weighted by molar-refractivity contribution is 0.201. The van der Waals surface area contributed by atoms with Crippen LogP contribution in [0.1, 0.15) is 40.0 Å². The van der Waals surface area contributed by atoms with Crippen LogP contribution in [0.3, 0.4) is 0 Å². The van der Waals surface area contributed by atoms with Crippen molar-refractivity contribution in [1.29, 1.82) is 0 Å². The summed E-state index contributed by atoms with van der Waals surface area (Å²) in [4.78, 5) is 15.6. The number of piperazine rings is 1. The van der Waals surface area contributed by atoms with E-state index in [0.717, 1.165) is 19.3 Å². The molecule has 0 N–H and O–H groups in total. The third-order valence-corrected chi connectivity index (χ3v) is 8.05. The van der Waals surface area contributed by atoms with E-state index in [2.05, 4.69) is 16.9 Å². The summed E-state index contributed by atoms with van der Waals surface area (Å²) in [6, 6.07) is 7.09. The van der Waals surface area contributed by atoms with Crippen LogP contribution in [-0.4, -0.2) is 56.2 Å². The molecule has 7 nitrogen and oxygen atoms in total. The van der Waals surface area contributed by atoms with Crippen LogP contribution in [0, 0.1) is 5.92 Å². The number of benzene rings is 1. The molecule has 0 amide bonds. The standard InChI is InChI=1S/C23H31ClN4O3S/c1-16(2)32(30)27-11-9-26(10-12-27)21-15-25-28(19-6-4-5-18(24)14-19)23(29)22(21)31-20-8-7-17(3)13-20/h4-6,14-17,20H,7-13H2,1-3H3/t17?,20?,32-/m0/s1. The Bertz CT molecular complexity index is 993. The first-order chi connectivity index (χ1) is 15.3. The first-order valence-electron chi connectivity index (χ1n) is 11.3. The zero-order valence-corrected chi connectivity index (χ0v) is 20.4.